The molecule has 3 rings (SSSR count). The monoisotopic (exact) mass is 1410 g/mol. The van der Waals surface area contributed by atoms with E-state index in [1.807, 2.05) is 20.8 Å². The Bertz CT molecular complexity index is 3000. The van der Waals surface area contributed by atoms with E-state index in [-0.39, 0.29) is 148 Å². The maximum absolute atomic E-state index is 13.6. The Labute approximate surface area is 591 Å². The van der Waals surface area contributed by atoms with Gasteiger partial charge in [0, 0.05) is 85.7 Å². The highest BCUT2D eigenvalue weighted by molar-refractivity contribution is 6.04. The number of benzene rings is 1. The number of anilines is 1. The van der Waals surface area contributed by atoms with E-state index in [1.54, 1.807) is 72.9 Å². The van der Waals surface area contributed by atoms with E-state index < -0.39 is 85.2 Å². The molecule has 0 spiro atoms. The molecule has 2 heterocycles. The zero-order valence-corrected chi connectivity index (χ0v) is 59.9. The van der Waals surface area contributed by atoms with Crippen LogP contribution in [0.1, 0.15) is 189 Å². The molecule has 16 amide bonds. The fourth-order valence-electron chi connectivity index (χ4n) is 10.6. The average molecular weight is 1420 g/mol. The lowest BCUT2D eigenvalue weighted by molar-refractivity contribution is -0.140. The van der Waals surface area contributed by atoms with Crippen LogP contribution in [-0.2, 0) is 73.7 Å². The summed E-state index contributed by atoms with van der Waals surface area (Å²) in [7, 11) is 1.54. The molecule has 0 saturated carbocycles. The first-order valence-corrected chi connectivity index (χ1v) is 34.2. The van der Waals surface area contributed by atoms with Crippen LogP contribution in [0.5, 0.6) is 0 Å². The SMILES string of the molecule is [2H]C(=O)OCc1ccc(N(C)C(=O)[C@H](CCCNC(N)=O)NC(=O)[C@@H](NC(=O)CCCCCN2C(=O)CC(C)C2=O)C(C)C)cc1.[2H]CC(=O)[C@H](CCCNC(N)=O)NC(=O)[C@@H](NC(=O)CCCCCN1C(=O)CC(C)C1=O)C(C)C.[2H]CC(=O)[C@H](CCCNC(N)=O)NC(=O)[C@@H](NCC)C(C)C. The van der Waals surface area contributed by atoms with Crippen LogP contribution in [0, 0.1) is 29.6 Å². The lowest BCUT2D eigenvalue weighted by Crippen LogP contribution is -2.55. The van der Waals surface area contributed by atoms with Gasteiger partial charge in [0.05, 0.1) is 18.1 Å². The van der Waals surface area contributed by atoms with Gasteiger partial charge < -0.3 is 74.7 Å². The molecular formula is C68H113N15O17. The first kappa shape index (κ1) is 83.3. The van der Waals surface area contributed by atoms with Gasteiger partial charge in [0.2, 0.25) is 59.1 Å². The molecule has 0 aliphatic carbocycles. The van der Waals surface area contributed by atoms with Gasteiger partial charge in [-0.05, 0) is 120 Å². The van der Waals surface area contributed by atoms with Crippen LogP contribution in [-0.4, -0.2) is 188 Å². The van der Waals surface area contributed by atoms with Crippen molar-refractivity contribution < 1.29 is 85.6 Å². The summed E-state index contributed by atoms with van der Waals surface area (Å²) in [4.78, 5) is 196. The zero-order chi connectivity index (χ0) is 78.1. The fourth-order valence-corrected chi connectivity index (χ4v) is 10.6. The molecule has 2 aliphatic rings. The van der Waals surface area contributed by atoms with E-state index in [2.05, 4.69) is 52.6 Å². The molecule has 32 heteroatoms. The number of carbonyl (C=O) groups excluding carboxylic acids is 16. The van der Waals surface area contributed by atoms with Gasteiger partial charge in [-0.15, -0.1) is 0 Å². The average Bonchev–Trinajstić information content (AvgIpc) is 1.41. The van der Waals surface area contributed by atoms with E-state index in [9.17, 15) is 76.7 Å². The number of nitrogens with one attached hydrogen (secondary N) is 9. The first-order valence-electron chi connectivity index (χ1n) is 36.1. The van der Waals surface area contributed by atoms with Crippen molar-refractivity contribution in [1.82, 2.24) is 57.7 Å². The summed E-state index contributed by atoms with van der Waals surface area (Å²) in [5.41, 5.74) is 16.2. The third kappa shape index (κ3) is 34.6. The van der Waals surface area contributed by atoms with E-state index in [1.165, 1.54) is 14.7 Å². The summed E-state index contributed by atoms with van der Waals surface area (Å²) in [5.74, 6) is -4.82. The predicted molar refractivity (Wildman–Crippen MR) is 372 cm³/mol. The van der Waals surface area contributed by atoms with Gasteiger partial charge >= 0.3 is 18.1 Å². The van der Waals surface area contributed by atoms with Crippen molar-refractivity contribution in [3.8, 4) is 0 Å². The van der Waals surface area contributed by atoms with Crippen molar-refractivity contribution in [3.63, 3.8) is 0 Å². The molecule has 1 aromatic carbocycles. The number of ketones is 2. The van der Waals surface area contributed by atoms with E-state index in [0.29, 0.717) is 102 Å². The van der Waals surface area contributed by atoms with E-state index in [4.69, 9.17) is 21.3 Å². The molecule has 15 N–H and O–H groups in total. The molecule has 0 aromatic heterocycles. The van der Waals surface area contributed by atoms with Crippen LogP contribution in [0.2, 0.25) is 0 Å². The normalized spacial score (nSPS) is 16.3. The van der Waals surface area contributed by atoms with E-state index >= 15 is 0 Å². The molecule has 32 nitrogen and oxygen atoms in total. The standard InChI is InChI=1S/C31H46N6O8.C23H39N5O6.C14H28N4O3/c1-20(2)27(35-25(39)10-6-5-7-16-37-26(40)17-21(3)29(37)42)28(41)34-24(9-8-15-33-31(32)44)30(43)36(4)23-13-11-22(12-14-23)18-45-19-38;1-14(2)20(21(32)26-17(16(4)29)9-8-11-25-23(24)34)27-18(30)10-6-5-7-12-28-19(31)13-15(3)22(28)33;1-5-16-12(9(2)3)13(20)18-11(10(4)19)7-6-8-17-14(15)21/h11-14,19-21,24,27H,5-10,15-18H2,1-4H3,(H,34,41)(H,35,39)(H3,32,33,44);14-15,17,20H,5-13H2,1-4H3,(H,26,32)(H,27,30)(H3,24,25,34);9,11-12,16H,5-8H2,1-4H3,(H,18,20)(H3,15,17,21)/t21?,24-,27-;15?,17-,20-;11-,12-/m000/s1/i19D;2*4D. The van der Waals surface area contributed by atoms with Crippen LogP contribution in [0.25, 0.3) is 0 Å². The minimum atomic E-state index is -1.16. The molecule has 0 bridgehead atoms. The Morgan fingerprint density at radius 2 is 0.930 bits per heavy atom. The third-order valence-corrected chi connectivity index (χ3v) is 16.3. The fraction of sp³-hybridized carbons (Fsp3) is 0.676. The topological polar surface area (TPSA) is 478 Å². The molecule has 8 atom stereocenters. The Morgan fingerprint density at radius 3 is 1.26 bits per heavy atom. The minimum absolute atomic E-state index is 0.0863. The number of amides is 16. The molecule has 2 unspecified atom stereocenters. The second-order valence-corrected chi connectivity index (χ2v) is 25.8. The minimum Gasteiger partial charge on any atom is -0.463 e. The predicted octanol–water partition coefficient (Wildman–Crippen LogP) is 2.10. The van der Waals surface area contributed by atoms with Crippen LogP contribution in [0.3, 0.4) is 0 Å². The number of ether oxygens (including phenoxy) is 1. The van der Waals surface area contributed by atoms with Gasteiger partial charge in [-0.1, -0.05) is 87.3 Å². The maximum atomic E-state index is 13.6. The third-order valence-electron chi connectivity index (χ3n) is 16.3. The number of rotatable bonds is 43. The Hall–Kier alpha value is -9.10. The number of likely N-dealkylation sites (N-methyl/N-ethyl adjacent to an activating group) is 2. The summed E-state index contributed by atoms with van der Waals surface area (Å²) in [6, 6.07) is -0.221. The number of likely N-dealkylation sites (tertiary alicyclic amines) is 2. The number of urea groups is 3. The van der Waals surface area contributed by atoms with Crippen molar-refractivity contribution in [3.05, 3.63) is 29.8 Å². The van der Waals surface area contributed by atoms with Gasteiger partial charge in [0.15, 0.2) is 12.9 Å². The summed E-state index contributed by atoms with van der Waals surface area (Å²) < 4.78 is 26.0. The molecule has 562 valence electrons. The van der Waals surface area contributed by atoms with Crippen molar-refractivity contribution in [2.24, 2.45) is 46.8 Å². The second kappa shape index (κ2) is 47.8. The Balaban J connectivity index is 0.000000823. The van der Waals surface area contributed by atoms with Crippen molar-refractivity contribution in [1.29, 1.82) is 0 Å². The zero-order valence-electron chi connectivity index (χ0n) is 62.9. The van der Waals surface area contributed by atoms with Gasteiger partial charge in [-0.25, -0.2) is 14.4 Å². The van der Waals surface area contributed by atoms with E-state index in [0.717, 1.165) is 0 Å². The summed E-state index contributed by atoms with van der Waals surface area (Å²) in [6.45, 7) is 17.4. The Kier molecular flexibility index (Phi) is 39.8. The van der Waals surface area contributed by atoms with Crippen molar-refractivity contribution in [2.75, 3.05) is 51.2 Å². The summed E-state index contributed by atoms with van der Waals surface area (Å²) in [5, 5.41) is 23.9. The largest absolute Gasteiger partial charge is 0.463 e. The lowest BCUT2D eigenvalue weighted by Gasteiger charge is -2.28. The molecule has 2 aliphatic heterocycles. The quantitative estimate of drug-likeness (QED) is 0.0253. The van der Waals surface area contributed by atoms with Crippen LogP contribution >= 0.6 is 0 Å². The number of imide groups is 2. The molecule has 0 radical (unpaired) electrons. The second-order valence-electron chi connectivity index (χ2n) is 25.8. The number of nitrogens with zero attached hydrogens (tertiary/aromatic N) is 3. The van der Waals surface area contributed by atoms with Crippen molar-refractivity contribution in [2.45, 2.75) is 222 Å². The lowest BCUT2D eigenvalue weighted by atomic mass is 10.0. The van der Waals surface area contributed by atoms with Crippen molar-refractivity contribution >= 4 is 101 Å². The van der Waals surface area contributed by atoms with Gasteiger partial charge in [-0.2, -0.15) is 0 Å². The number of hydrogen-bond acceptors (Lipinski definition) is 18. The molecular weight excluding hydrogens is 1300 g/mol. The maximum Gasteiger partial charge on any atom is 0.312 e. The number of hydrogen-bond donors (Lipinski definition) is 12. The number of carbonyl (C=O) groups is 16. The number of Topliss-reactive ketones (excluding diaryl/α,β-unsaturated/α-hetero) is 2. The smallest absolute Gasteiger partial charge is 0.312 e. The van der Waals surface area contributed by atoms with Crippen LogP contribution < -0.4 is 70.0 Å². The highest BCUT2D eigenvalue weighted by atomic mass is 16.5. The highest BCUT2D eigenvalue weighted by Crippen LogP contribution is 2.22. The van der Waals surface area contributed by atoms with Gasteiger partial charge in [0.1, 0.15) is 24.7 Å². The van der Waals surface area contributed by atoms with Gasteiger partial charge in [0.25, 0.3) is 6.45 Å². The summed E-state index contributed by atoms with van der Waals surface area (Å²) >= 11 is 0. The number of primary amides is 3. The molecule has 1 aromatic rings. The molecule has 2 fully saturated rings. The Morgan fingerprint density at radius 1 is 0.560 bits per heavy atom. The summed E-state index contributed by atoms with van der Waals surface area (Å²) in [6.07, 6.45) is 5.12. The molecule has 2 saturated heterocycles. The highest BCUT2D eigenvalue weighted by Gasteiger charge is 2.37. The first-order chi connectivity index (χ1) is 48.5. The number of nitrogens with two attached hydrogens (primary N) is 3. The van der Waals surface area contributed by atoms with Crippen LogP contribution in [0.4, 0.5) is 20.1 Å². The molecule has 100 heavy (non-hydrogen) atoms. The van der Waals surface area contributed by atoms with Gasteiger partial charge in [-0.3, -0.25) is 72.1 Å². The number of unbranched alkanes of at least 4 members (excludes halogenated alkanes) is 4. The van der Waals surface area contributed by atoms with Crippen LogP contribution in [0.15, 0.2) is 24.3 Å².